The number of aromatic amines is 1. The van der Waals surface area contributed by atoms with Crippen molar-refractivity contribution in [3.63, 3.8) is 0 Å². The minimum atomic E-state index is 0.646. The third-order valence-corrected chi connectivity index (χ3v) is 2.94. The van der Waals surface area contributed by atoms with Gasteiger partial charge in [-0.15, -0.1) is 0 Å². The zero-order chi connectivity index (χ0) is 11.9. The predicted molar refractivity (Wildman–Crippen MR) is 70.5 cm³/mol. The molecule has 4 heteroatoms. The molecule has 2 aromatic carbocycles. The van der Waals surface area contributed by atoms with Crippen LogP contribution in [0.15, 0.2) is 53.5 Å². The molecule has 0 atom stereocenters. The van der Waals surface area contributed by atoms with Crippen LogP contribution in [0, 0.1) is 0 Å². The van der Waals surface area contributed by atoms with Crippen molar-refractivity contribution in [1.82, 2.24) is 15.3 Å². The Hall–Kier alpha value is -2.62. The van der Waals surface area contributed by atoms with Crippen molar-refractivity contribution in [3.8, 4) is 0 Å². The summed E-state index contributed by atoms with van der Waals surface area (Å²) in [5.74, 6) is 1.36. The van der Waals surface area contributed by atoms with Crippen LogP contribution in [0.3, 0.4) is 0 Å². The summed E-state index contributed by atoms with van der Waals surface area (Å²) in [6, 6.07) is 15.7. The van der Waals surface area contributed by atoms with E-state index in [1.807, 2.05) is 48.5 Å². The lowest BCUT2D eigenvalue weighted by atomic mass is 10.3. The van der Waals surface area contributed by atoms with E-state index in [0.717, 1.165) is 22.4 Å². The quantitative estimate of drug-likeness (QED) is 0.690. The predicted octanol–water partition coefficient (Wildman–Crippen LogP) is 2.89. The number of hydrogen-bond donors (Lipinski definition) is 1. The Bertz CT molecular complexity index is 737. The van der Waals surface area contributed by atoms with Crippen LogP contribution in [0.5, 0.6) is 0 Å². The highest BCUT2D eigenvalue weighted by molar-refractivity contribution is 6.06. The first kappa shape index (κ1) is 9.41. The van der Waals surface area contributed by atoms with E-state index in [9.17, 15) is 0 Å². The molecule has 0 saturated carbocycles. The molecule has 0 saturated heterocycles. The van der Waals surface area contributed by atoms with Gasteiger partial charge in [0.25, 0.3) is 0 Å². The molecule has 85 valence electrons. The van der Waals surface area contributed by atoms with Crippen molar-refractivity contribution in [2.45, 2.75) is 0 Å². The molecule has 18 heavy (non-hydrogen) atoms. The first-order valence-electron chi connectivity index (χ1n) is 5.75. The number of fused-ring (bicyclic) bond motifs is 2. The van der Waals surface area contributed by atoms with Crippen LogP contribution >= 0.6 is 0 Å². The van der Waals surface area contributed by atoms with E-state index in [-0.39, 0.29) is 0 Å². The summed E-state index contributed by atoms with van der Waals surface area (Å²) in [4.78, 5) is 12.2. The maximum atomic E-state index is 4.50. The number of hydrogen-bond acceptors (Lipinski definition) is 2. The molecule has 0 unspecified atom stereocenters. The van der Waals surface area contributed by atoms with Gasteiger partial charge in [0.15, 0.2) is 11.7 Å². The van der Waals surface area contributed by atoms with Crippen molar-refractivity contribution in [1.29, 1.82) is 0 Å². The third kappa shape index (κ3) is 1.32. The molecule has 0 fully saturated rings. The normalized spacial score (nSPS) is 13.2. The highest BCUT2D eigenvalue weighted by Crippen LogP contribution is 2.30. The lowest BCUT2D eigenvalue weighted by Gasteiger charge is -1.94. The fourth-order valence-electron chi connectivity index (χ4n) is 2.07. The van der Waals surface area contributed by atoms with E-state index in [4.69, 9.17) is 0 Å². The zero-order valence-electron chi connectivity index (χ0n) is 9.46. The molecule has 0 spiro atoms. The minimum Gasteiger partial charge on any atom is -0.335 e. The van der Waals surface area contributed by atoms with E-state index in [0.29, 0.717) is 11.7 Å². The first-order valence-corrected chi connectivity index (χ1v) is 5.75. The molecule has 0 aliphatic carbocycles. The van der Waals surface area contributed by atoms with E-state index in [1.54, 1.807) is 0 Å². The van der Waals surface area contributed by atoms with Crippen LogP contribution in [-0.2, 0) is 0 Å². The summed E-state index contributed by atoms with van der Waals surface area (Å²) in [5, 5.41) is 4.47. The maximum Gasteiger partial charge on any atom is 0.197 e. The van der Waals surface area contributed by atoms with Crippen LogP contribution in [0.1, 0.15) is 5.82 Å². The number of rotatable bonds is 1. The van der Waals surface area contributed by atoms with Crippen molar-refractivity contribution in [3.05, 3.63) is 54.4 Å². The SMILES string of the molecule is c1ccc2c(c1)[N]C(c1nc3ccccc3[nH]1)=N2. The second-order valence-corrected chi connectivity index (χ2v) is 4.14. The van der Waals surface area contributed by atoms with Crippen LogP contribution < -0.4 is 5.32 Å². The van der Waals surface area contributed by atoms with Crippen LogP contribution in [0.2, 0.25) is 0 Å². The van der Waals surface area contributed by atoms with E-state index in [1.165, 1.54) is 0 Å². The molecule has 4 rings (SSSR count). The summed E-state index contributed by atoms with van der Waals surface area (Å²) >= 11 is 0. The average Bonchev–Trinajstić information content (AvgIpc) is 3.02. The third-order valence-electron chi connectivity index (χ3n) is 2.94. The highest BCUT2D eigenvalue weighted by atomic mass is 15.1. The highest BCUT2D eigenvalue weighted by Gasteiger charge is 2.19. The molecule has 1 aromatic heterocycles. The topological polar surface area (TPSA) is 55.1 Å². The van der Waals surface area contributed by atoms with Gasteiger partial charge in [-0.25, -0.2) is 15.3 Å². The summed E-state index contributed by atoms with van der Waals surface area (Å²) < 4.78 is 0. The first-order chi connectivity index (χ1) is 8.90. The Morgan fingerprint density at radius 2 is 1.61 bits per heavy atom. The summed E-state index contributed by atoms with van der Waals surface area (Å²) in [6.45, 7) is 0. The van der Waals surface area contributed by atoms with Gasteiger partial charge in [-0.05, 0) is 24.3 Å². The van der Waals surface area contributed by atoms with E-state index < -0.39 is 0 Å². The number of amidine groups is 1. The van der Waals surface area contributed by atoms with Crippen molar-refractivity contribution in [2.75, 3.05) is 0 Å². The fraction of sp³-hybridized carbons (Fsp3) is 0. The largest absolute Gasteiger partial charge is 0.335 e. The Morgan fingerprint density at radius 3 is 2.44 bits per heavy atom. The van der Waals surface area contributed by atoms with E-state index in [2.05, 4.69) is 20.3 Å². The Morgan fingerprint density at radius 1 is 0.833 bits per heavy atom. The molecular formula is C14H9N4. The van der Waals surface area contributed by atoms with E-state index >= 15 is 0 Å². The van der Waals surface area contributed by atoms with Gasteiger partial charge in [0.1, 0.15) is 0 Å². The molecule has 0 amide bonds. The van der Waals surface area contributed by atoms with Gasteiger partial charge in [0, 0.05) is 0 Å². The summed E-state index contributed by atoms with van der Waals surface area (Å²) in [7, 11) is 0. The maximum absolute atomic E-state index is 4.50. The minimum absolute atomic E-state index is 0.646. The number of aromatic nitrogens is 2. The monoisotopic (exact) mass is 233 g/mol. The van der Waals surface area contributed by atoms with Crippen molar-refractivity contribution >= 4 is 28.2 Å². The molecule has 3 aromatic rings. The Labute approximate surface area is 103 Å². The molecule has 0 bridgehead atoms. The standard InChI is InChI=1S/C14H9N4/c1-2-6-10-9(5-1)15-13(16-10)14-17-11-7-3-4-8-12(11)18-14/h1-8H,(H,15,16). The average molecular weight is 233 g/mol. The van der Waals surface area contributed by atoms with Gasteiger partial charge in [-0.1, -0.05) is 24.3 Å². The van der Waals surface area contributed by atoms with Crippen molar-refractivity contribution in [2.24, 2.45) is 4.99 Å². The molecular weight excluding hydrogens is 224 g/mol. The second kappa shape index (κ2) is 3.43. The molecule has 1 radical (unpaired) electrons. The van der Waals surface area contributed by atoms with Gasteiger partial charge >= 0.3 is 0 Å². The van der Waals surface area contributed by atoms with Gasteiger partial charge in [-0.3, -0.25) is 0 Å². The van der Waals surface area contributed by atoms with Crippen LogP contribution in [0.4, 0.5) is 11.4 Å². The van der Waals surface area contributed by atoms with Crippen molar-refractivity contribution < 1.29 is 0 Å². The smallest absolute Gasteiger partial charge is 0.197 e. The lowest BCUT2D eigenvalue weighted by molar-refractivity contribution is 1.20. The fourth-order valence-corrected chi connectivity index (χ4v) is 2.07. The number of nitrogens with one attached hydrogen (secondary N) is 1. The summed E-state index contributed by atoms with van der Waals surface area (Å²) in [6.07, 6.45) is 0. The van der Waals surface area contributed by atoms with Crippen LogP contribution in [0.25, 0.3) is 11.0 Å². The molecule has 1 aliphatic heterocycles. The molecule has 1 N–H and O–H groups in total. The Kier molecular flexibility index (Phi) is 1.80. The molecule has 1 aliphatic rings. The summed E-state index contributed by atoms with van der Waals surface area (Å²) in [5.41, 5.74) is 3.73. The van der Waals surface area contributed by atoms with Gasteiger partial charge in [0.2, 0.25) is 0 Å². The lowest BCUT2D eigenvalue weighted by Crippen LogP contribution is -2.09. The second-order valence-electron chi connectivity index (χ2n) is 4.14. The van der Waals surface area contributed by atoms with Gasteiger partial charge in [0.05, 0.1) is 22.4 Å². The number of imidazole rings is 1. The number of para-hydroxylation sites is 4. The number of H-pyrrole nitrogens is 1. The zero-order valence-corrected chi connectivity index (χ0v) is 9.46. The number of aliphatic imine (C=N–C) groups is 1. The van der Waals surface area contributed by atoms with Gasteiger partial charge in [-0.2, -0.15) is 0 Å². The van der Waals surface area contributed by atoms with Gasteiger partial charge < -0.3 is 4.98 Å². The number of nitrogens with zero attached hydrogens (tertiary/aromatic N) is 3. The molecule has 4 nitrogen and oxygen atoms in total. The number of benzene rings is 2. The molecule has 2 heterocycles. The van der Waals surface area contributed by atoms with Crippen LogP contribution in [-0.4, -0.2) is 15.8 Å². The Balaban J connectivity index is 1.82.